The Kier molecular flexibility index (Phi) is 5.04. The molecule has 1 saturated carbocycles. The van der Waals surface area contributed by atoms with Gasteiger partial charge in [0, 0.05) is 6.08 Å². The number of nitrogens with zero attached hydrogens (tertiary/aromatic N) is 2. The first-order valence-corrected chi connectivity index (χ1v) is 7.51. The van der Waals surface area contributed by atoms with Crippen molar-refractivity contribution in [1.82, 2.24) is 10.1 Å². The molecule has 1 aromatic carbocycles. The highest BCUT2D eigenvalue weighted by Gasteiger charge is 2.38. The average molecular weight is 320 g/mol. The van der Waals surface area contributed by atoms with Crippen LogP contribution in [-0.4, -0.2) is 10.1 Å². The maximum atomic E-state index is 6.22. The van der Waals surface area contributed by atoms with Crippen LogP contribution in [0.2, 0.25) is 0 Å². The molecule has 0 atom stereocenters. The summed E-state index contributed by atoms with van der Waals surface area (Å²) >= 11 is 0. The Morgan fingerprint density at radius 1 is 1.32 bits per heavy atom. The summed E-state index contributed by atoms with van der Waals surface area (Å²) in [6.07, 6.45) is 5.89. The highest BCUT2D eigenvalue weighted by molar-refractivity contribution is 5.85. The number of benzene rings is 1. The van der Waals surface area contributed by atoms with Gasteiger partial charge in [0.15, 0.2) is 5.82 Å². The van der Waals surface area contributed by atoms with Gasteiger partial charge >= 0.3 is 0 Å². The van der Waals surface area contributed by atoms with Gasteiger partial charge in [0.2, 0.25) is 0 Å². The third-order valence-electron chi connectivity index (χ3n) is 4.23. The van der Waals surface area contributed by atoms with E-state index in [1.807, 2.05) is 6.08 Å². The standard InChI is InChI=1S/C17H21N3O.ClH/c1-3-13(14-7-5-12(2)6-8-14)11-15-19-16(20-21-15)17(18)9-4-10-17;/h5-8,11H,3-4,9-10,18H2,1-2H3;1H/b13-11-;. The predicted octanol–water partition coefficient (Wildman–Crippen LogP) is 4.09. The Morgan fingerprint density at radius 2 is 2.00 bits per heavy atom. The first kappa shape index (κ1) is 16.7. The molecule has 0 unspecified atom stereocenters. The summed E-state index contributed by atoms with van der Waals surface area (Å²) in [6.45, 7) is 4.21. The number of nitrogens with two attached hydrogens (primary N) is 1. The molecular formula is C17H22ClN3O. The van der Waals surface area contributed by atoms with E-state index >= 15 is 0 Å². The zero-order valence-corrected chi connectivity index (χ0v) is 13.8. The lowest BCUT2D eigenvalue weighted by Crippen LogP contribution is -2.44. The third kappa shape index (κ3) is 3.23. The largest absolute Gasteiger partial charge is 0.335 e. The van der Waals surface area contributed by atoms with Crippen molar-refractivity contribution < 1.29 is 4.52 Å². The fourth-order valence-corrected chi connectivity index (χ4v) is 2.58. The first-order chi connectivity index (χ1) is 10.1. The van der Waals surface area contributed by atoms with Gasteiger partial charge in [-0.3, -0.25) is 0 Å². The summed E-state index contributed by atoms with van der Waals surface area (Å²) in [6, 6.07) is 8.47. The Morgan fingerprint density at radius 3 is 2.55 bits per heavy atom. The Hall–Kier alpha value is -1.65. The van der Waals surface area contributed by atoms with Crippen LogP contribution in [0.5, 0.6) is 0 Å². The van der Waals surface area contributed by atoms with Crippen molar-refractivity contribution in [2.24, 2.45) is 5.73 Å². The molecular weight excluding hydrogens is 298 g/mol. The number of hydrogen-bond acceptors (Lipinski definition) is 4. The molecule has 0 amide bonds. The molecule has 1 aromatic heterocycles. The minimum atomic E-state index is -0.369. The van der Waals surface area contributed by atoms with Crippen LogP contribution in [0.25, 0.3) is 11.6 Å². The fourth-order valence-electron chi connectivity index (χ4n) is 2.58. The molecule has 0 aliphatic heterocycles. The van der Waals surface area contributed by atoms with E-state index in [9.17, 15) is 0 Å². The summed E-state index contributed by atoms with van der Waals surface area (Å²) in [5.74, 6) is 1.18. The van der Waals surface area contributed by atoms with Crippen molar-refractivity contribution in [2.75, 3.05) is 0 Å². The topological polar surface area (TPSA) is 64.9 Å². The molecule has 2 N–H and O–H groups in total. The summed E-state index contributed by atoms with van der Waals surface area (Å²) in [4.78, 5) is 4.46. The van der Waals surface area contributed by atoms with Gasteiger partial charge in [0.25, 0.3) is 5.89 Å². The molecule has 22 heavy (non-hydrogen) atoms. The Balaban J connectivity index is 0.00000176. The second-order valence-electron chi connectivity index (χ2n) is 5.86. The molecule has 0 radical (unpaired) electrons. The van der Waals surface area contributed by atoms with Crippen LogP contribution in [0.4, 0.5) is 0 Å². The maximum absolute atomic E-state index is 6.22. The van der Waals surface area contributed by atoms with Crippen molar-refractivity contribution >= 4 is 24.1 Å². The van der Waals surface area contributed by atoms with Gasteiger partial charge in [-0.15, -0.1) is 12.4 Å². The quantitative estimate of drug-likeness (QED) is 0.921. The van der Waals surface area contributed by atoms with E-state index in [1.165, 1.54) is 16.7 Å². The van der Waals surface area contributed by atoms with E-state index in [-0.39, 0.29) is 17.9 Å². The summed E-state index contributed by atoms with van der Waals surface area (Å²) in [5, 5.41) is 4.05. The van der Waals surface area contributed by atoms with Gasteiger partial charge in [-0.05, 0) is 43.7 Å². The number of hydrogen-bond donors (Lipinski definition) is 1. The maximum Gasteiger partial charge on any atom is 0.250 e. The lowest BCUT2D eigenvalue weighted by Gasteiger charge is -2.34. The van der Waals surface area contributed by atoms with Crippen molar-refractivity contribution in [3.05, 3.63) is 47.1 Å². The summed E-state index contributed by atoms with van der Waals surface area (Å²) < 4.78 is 5.35. The van der Waals surface area contributed by atoms with Crippen LogP contribution >= 0.6 is 12.4 Å². The minimum Gasteiger partial charge on any atom is -0.335 e. The van der Waals surface area contributed by atoms with Crippen LogP contribution in [-0.2, 0) is 5.54 Å². The van der Waals surface area contributed by atoms with Crippen LogP contribution in [0.15, 0.2) is 28.8 Å². The number of aromatic nitrogens is 2. The van der Waals surface area contributed by atoms with Crippen LogP contribution < -0.4 is 5.73 Å². The zero-order chi connectivity index (χ0) is 14.9. The van der Waals surface area contributed by atoms with E-state index in [0.717, 1.165) is 25.7 Å². The molecule has 3 rings (SSSR count). The van der Waals surface area contributed by atoms with Crippen LogP contribution in [0.3, 0.4) is 0 Å². The minimum absolute atomic E-state index is 0. The van der Waals surface area contributed by atoms with Gasteiger partial charge < -0.3 is 10.3 Å². The summed E-state index contributed by atoms with van der Waals surface area (Å²) in [5.41, 5.74) is 9.48. The number of halogens is 1. The smallest absolute Gasteiger partial charge is 0.250 e. The van der Waals surface area contributed by atoms with Gasteiger partial charge in [-0.2, -0.15) is 4.98 Å². The first-order valence-electron chi connectivity index (χ1n) is 7.51. The van der Waals surface area contributed by atoms with Gasteiger partial charge in [-0.25, -0.2) is 0 Å². The second-order valence-corrected chi connectivity index (χ2v) is 5.86. The van der Waals surface area contributed by atoms with E-state index in [0.29, 0.717) is 11.7 Å². The Labute approximate surface area is 137 Å². The molecule has 0 spiro atoms. The number of allylic oxidation sites excluding steroid dienone is 1. The number of rotatable bonds is 4. The van der Waals surface area contributed by atoms with Crippen molar-refractivity contribution in [3.63, 3.8) is 0 Å². The molecule has 2 aromatic rings. The van der Waals surface area contributed by atoms with Crippen molar-refractivity contribution in [3.8, 4) is 0 Å². The normalized spacial score (nSPS) is 16.8. The molecule has 118 valence electrons. The molecule has 1 heterocycles. The van der Waals surface area contributed by atoms with Crippen LogP contribution in [0, 0.1) is 6.92 Å². The SMILES string of the molecule is CC/C(=C/c1nc(C2(N)CCC2)no1)c1ccc(C)cc1.Cl. The van der Waals surface area contributed by atoms with Gasteiger partial charge in [0.05, 0.1) is 5.54 Å². The average Bonchev–Trinajstić information content (AvgIpc) is 2.92. The van der Waals surface area contributed by atoms with E-state index in [4.69, 9.17) is 10.3 Å². The predicted molar refractivity (Wildman–Crippen MR) is 90.6 cm³/mol. The highest BCUT2D eigenvalue weighted by atomic mass is 35.5. The lowest BCUT2D eigenvalue weighted by atomic mass is 9.77. The monoisotopic (exact) mass is 319 g/mol. The summed E-state index contributed by atoms with van der Waals surface area (Å²) in [7, 11) is 0. The van der Waals surface area contributed by atoms with Crippen molar-refractivity contribution in [1.29, 1.82) is 0 Å². The molecule has 1 aliphatic carbocycles. The van der Waals surface area contributed by atoms with Gasteiger partial charge in [0.1, 0.15) is 0 Å². The number of aryl methyl sites for hydroxylation is 1. The van der Waals surface area contributed by atoms with Crippen molar-refractivity contribution in [2.45, 2.75) is 45.1 Å². The molecule has 0 bridgehead atoms. The fraction of sp³-hybridized carbons (Fsp3) is 0.412. The van der Waals surface area contributed by atoms with E-state index in [2.05, 4.69) is 48.3 Å². The van der Waals surface area contributed by atoms with E-state index in [1.54, 1.807) is 0 Å². The second kappa shape index (κ2) is 6.63. The lowest BCUT2D eigenvalue weighted by molar-refractivity contribution is 0.229. The zero-order valence-electron chi connectivity index (χ0n) is 13.0. The molecule has 1 aliphatic rings. The molecule has 5 heteroatoms. The third-order valence-corrected chi connectivity index (χ3v) is 4.23. The van der Waals surface area contributed by atoms with Gasteiger partial charge in [-0.1, -0.05) is 41.9 Å². The molecule has 1 fully saturated rings. The van der Waals surface area contributed by atoms with E-state index < -0.39 is 0 Å². The Bertz CT molecular complexity index is 657. The molecule has 4 nitrogen and oxygen atoms in total. The van der Waals surface area contributed by atoms with Crippen LogP contribution in [0.1, 0.15) is 55.4 Å². The highest BCUT2D eigenvalue weighted by Crippen LogP contribution is 2.37. The molecule has 0 saturated heterocycles.